The van der Waals surface area contributed by atoms with Gasteiger partial charge in [0.1, 0.15) is 0 Å². The van der Waals surface area contributed by atoms with E-state index in [9.17, 15) is 0 Å². The number of nitrogens with one attached hydrogen (secondary N) is 1. The molecular formula is C16H31N. The quantitative estimate of drug-likeness (QED) is 0.622. The molecule has 1 heteroatoms. The van der Waals surface area contributed by atoms with E-state index in [-0.39, 0.29) is 0 Å². The van der Waals surface area contributed by atoms with Crippen LogP contribution < -0.4 is 5.32 Å². The Bertz CT molecular complexity index is 192. The highest BCUT2D eigenvalue weighted by atomic mass is 14.9. The maximum Gasteiger partial charge on any atom is 0.00672 e. The molecule has 2 rings (SSSR count). The van der Waals surface area contributed by atoms with E-state index in [4.69, 9.17) is 0 Å². The summed E-state index contributed by atoms with van der Waals surface area (Å²) in [5, 5.41) is 3.78. The second kappa shape index (κ2) is 7.41. The van der Waals surface area contributed by atoms with Crippen LogP contribution in [0.4, 0.5) is 0 Å². The van der Waals surface area contributed by atoms with Crippen LogP contribution in [0, 0.1) is 11.8 Å². The van der Waals surface area contributed by atoms with Gasteiger partial charge in [-0.05, 0) is 50.5 Å². The van der Waals surface area contributed by atoms with Crippen molar-refractivity contribution in [2.75, 3.05) is 6.54 Å². The first-order valence-electron chi connectivity index (χ1n) is 8.12. The van der Waals surface area contributed by atoms with Crippen LogP contribution in [-0.2, 0) is 0 Å². The van der Waals surface area contributed by atoms with Gasteiger partial charge in [-0.15, -0.1) is 0 Å². The molecule has 0 radical (unpaired) electrons. The van der Waals surface area contributed by atoms with Gasteiger partial charge in [0, 0.05) is 6.04 Å². The van der Waals surface area contributed by atoms with Gasteiger partial charge in [0.25, 0.3) is 0 Å². The molecule has 17 heavy (non-hydrogen) atoms. The van der Waals surface area contributed by atoms with Gasteiger partial charge in [-0.25, -0.2) is 0 Å². The average Bonchev–Trinajstić information content (AvgIpc) is 3.03. The first-order chi connectivity index (χ1) is 8.38. The van der Waals surface area contributed by atoms with Crippen LogP contribution in [0.5, 0.6) is 0 Å². The molecule has 1 N–H and O–H groups in total. The molecule has 0 heterocycles. The highest BCUT2D eigenvalue weighted by Gasteiger charge is 2.23. The van der Waals surface area contributed by atoms with Crippen molar-refractivity contribution in [3.63, 3.8) is 0 Å². The maximum absolute atomic E-state index is 3.78. The zero-order valence-electron chi connectivity index (χ0n) is 11.7. The molecule has 0 aromatic rings. The molecule has 0 amide bonds. The molecule has 0 saturated heterocycles. The van der Waals surface area contributed by atoms with Crippen molar-refractivity contribution in [1.29, 1.82) is 0 Å². The molecule has 0 aromatic carbocycles. The van der Waals surface area contributed by atoms with Crippen molar-refractivity contribution in [3.8, 4) is 0 Å². The third-order valence-corrected chi connectivity index (χ3v) is 4.70. The molecule has 0 bridgehead atoms. The lowest BCUT2D eigenvalue weighted by Gasteiger charge is -2.20. The van der Waals surface area contributed by atoms with E-state index >= 15 is 0 Å². The number of hydrogen-bond donors (Lipinski definition) is 1. The molecule has 1 unspecified atom stereocenters. The molecule has 100 valence electrons. The van der Waals surface area contributed by atoms with E-state index < -0.39 is 0 Å². The van der Waals surface area contributed by atoms with E-state index in [0.717, 1.165) is 17.9 Å². The van der Waals surface area contributed by atoms with Crippen molar-refractivity contribution in [1.82, 2.24) is 5.32 Å². The smallest absolute Gasteiger partial charge is 0.00672 e. The van der Waals surface area contributed by atoms with Gasteiger partial charge >= 0.3 is 0 Å². The summed E-state index contributed by atoms with van der Waals surface area (Å²) < 4.78 is 0. The van der Waals surface area contributed by atoms with Gasteiger partial charge in [-0.1, -0.05) is 45.4 Å². The summed E-state index contributed by atoms with van der Waals surface area (Å²) in [7, 11) is 0. The summed E-state index contributed by atoms with van der Waals surface area (Å²) in [6.45, 7) is 3.50. The molecule has 2 aliphatic rings. The van der Waals surface area contributed by atoms with E-state index in [1.54, 1.807) is 0 Å². The summed E-state index contributed by atoms with van der Waals surface area (Å²) in [6.07, 6.45) is 16.2. The zero-order valence-corrected chi connectivity index (χ0v) is 11.7. The average molecular weight is 237 g/mol. The van der Waals surface area contributed by atoms with Crippen molar-refractivity contribution >= 4 is 0 Å². The molecule has 0 aliphatic heterocycles. The number of hydrogen-bond acceptors (Lipinski definition) is 1. The lowest BCUT2D eigenvalue weighted by Crippen LogP contribution is -2.30. The fraction of sp³-hybridized carbons (Fsp3) is 1.00. The summed E-state index contributed by atoms with van der Waals surface area (Å²) in [5.74, 6) is 2.18. The minimum absolute atomic E-state index is 0.830. The zero-order chi connectivity index (χ0) is 11.9. The molecule has 0 spiro atoms. The fourth-order valence-corrected chi connectivity index (χ4v) is 3.28. The minimum atomic E-state index is 0.830. The second-order valence-corrected chi connectivity index (χ2v) is 6.40. The Labute approximate surface area is 108 Å². The van der Waals surface area contributed by atoms with E-state index in [0.29, 0.717) is 0 Å². The third-order valence-electron chi connectivity index (χ3n) is 4.70. The summed E-state index contributed by atoms with van der Waals surface area (Å²) in [5.41, 5.74) is 0. The van der Waals surface area contributed by atoms with Crippen molar-refractivity contribution in [3.05, 3.63) is 0 Å². The Balaban J connectivity index is 1.61. The molecule has 1 atom stereocenters. The summed E-state index contributed by atoms with van der Waals surface area (Å²) in [6, 6.07) is 0.830. The molecule has 2 aliphatic carbocycles. The normalized spacial score (nSPS) is 23.1. The first kappa shape index (κ1) is 13.4. The monoisotopic (exact) mass is 237 g/mol. The van der Waals surface area contributed by atoms with Gasteiger partial charge < -0.3 is 5.32 Å². The highest BCUT2D eigenvalue weighted by Crippen LogP contribution is 2.35. The third kappa shape index (κ3) is 5.42. The van der Waals surface area contributed by atoms with Crippen LogP contribution >= 0.6 is 0 Å². The Hall–Kier alpha value is -0.0400. The van der Waals surface area contributed by atoms with Crippen LogP contribution in [0.2, 0.25) is 0 Å². The predicted molar refractivity (Wildman–Crippen MR) is 75.2 cm³/mol. The van der Waals surface area contributed by atoms with E-state index in [1.165, 1.54) is 77.2 Å². The standard InChI is InChI=1S/C16H31N/c1-2-13-17-16(12-10-15-7-8-15)11-9-14-5-3-4-6-14/h14-17H,2-13H2,1H3. The predicted octanol–water partition coefficient (Wildman–Crippen LogP) is 4.52. The highest BCUT2D eigenvalue weighted by molar-refractivity contribution is 4.78. The van der Waals surface area contributed by atoms with Crippen molar-refractivity contribution in [2.45, 2.75) is 83.6 Å². The van der Waals surface area contributed by atoms with Gasteiger partial charge in [-0.3, -0.25) is 0 Å². The lowest BCUT2D eigenvalue weighted by molar-refractivity contribution is 0.378. The van der Waals surface area contributed by atoms with Gasteiger partial charge in [-0.2, -0.15) is 0 Å². The molecule has 1 nitrogen and oxygen atoms in total. The Morgan fingerprint density at radius 3 is 2.06 bits per heavy atom. The topological polar surface area (TPSA) is 12.0 Å². The Morgan fingerprint density at radius 2 is 1.53 bits per heavy atom. The molecule has 2 fully saturated rings. The van der Waals surface area contributed by atoms with Gasteiger partial charge in [0.15, 0.2) is 0 Å². The van der Waals surface area contributed by atoms with Crippen LogP contribution in [-0.4, -0.2) is 12.6 Å². The van der Waals surface area contributed by atoms with Crippen molar-refractivity contribution < 1.29 is 0 Å². The lowest BCUT2D eigenvalue weighted by atomic mass is 9.95. The summed E-state index contributed by atoms with van der Waals surface area (Å²) in [4.78, 5) is 0. The van der Waals surface area contributed by atoms with E-state index in [2.05, 4.69) is 12.2 Å². The van der Waals surface area contributed by atoms with Crippen LogP contribution in [0.3, 0.4) is 0 Å². The van der Waals surface area contributed by atoms with Crippen molar-refractivity contribution in [2.24, 2.45) is 11.8 Å². The SMILES string of the molecule is CCCNC(CCC1CCCC1)CCC1CC1. The molecule has 0 aromatic heterocycles. The minimum Gasteiger partial charge on any atom is -0.314 e. The fourth-order valence-electron chi connectivity index (χ4n) is 3.28. The van der Waals surface area contributed by atoms with Gasteiger partial charge in [0.05, 0.1) is 0 Å². The van der Waals surface area contributed by atoms with Crippen LogP contribution in [0.1, 0.15) is 77.6 Å². The summed E-state index contributed by atoms with van der Waals surface area (Å²) >= 11 is 0. The van der Waals surface area contributed by atoms with Crippen LogP contribution in [0.15, 0.2) is 0 Å². The Kier molecular flexibility index (Phi) is 5.84. The van der Waals surface area contributed by atoms with Gasteiger partial charge in [0.2, 0.25) is 0 Å². The molecule has 2 saturated carbocycles. The Morgan fingerprint density at radius 1 is 0.941 bits per heavy atom. The van der Waals surface area contributed by atoms with E-state index in [1.807, 2.05) is 0 Å². The number of rotatable bonds is 9. The molecular weight excluding hydrogens is 206 g/mol. The largest absolute Gasteiger partial charge is 0.314 e. The van der Waals surface area contributed by atoms with Crippen LogP contribution in [0.25, 0.3) is 0 Å². The maximum atomic E-state index is 3.78. The first-order valence-corrected chi connectivity index (χ1v) is 8.12. The second-order valence-electron chi connectivity index (χ2n) is 6.40.